The van der Waals surface area contributed by atoms with Gasteiger partial charge in [0.2, 0.25) is 28.6 Å². The maximum absolute atomic E-state index is 14.3. The van der Waals surface area contributed by atoms with Gasteiger partial charge in [-0.05, 0) is 41.0 Å². The predicted molar refractivity (Wildman–Crippen MR) is 175 cm³/mol. The first-order chi connectivity index (χ1) is 22.9. The third kappa shape index (κ3) is 6.02. The topological polar surface area (TPSA) is 118 Å². The van der Waals surface area contributed by atoms with E-state index in [4.69, 9.17) is 9.47 Å². The molecule has 2 aliphatic heterocycles. The first kappa shape index (κ1) is 30.4. The summed E-state index contributed by atoms with van der Waals surface area (Å²) in [5.41, 5.74) is 2.70. The number of hydrogen-bond donors (Lipinski definition) is 1. The average Bonchev–Trinajstić information content (AvgIpc) is 3.59. The van der Waals surface area contributed by atoms with Crippen molar-refractivity contribution in [3.8, 4) is 11.5 Å². The van der Waals surface area contributed by atoms with Crippen molar-refractivity contribution in [3.05, 3.63) is 132 Å². The molecule has 0 bridgehead atoms. The van der Waals surface area contributed by atoms with E-state index in [1.807, 2.05) is 66.7 Å². The fourth-order valence-corrected chi connectivity index (χ4v) is 7.93. The van der Waals surface area contributed by atoms with Crippen LogP contribution in [0.4, 0.5) is 0 Å². The van der Waals surface area contributed by atoms with E-state index in [9.17, 15) is 18.0 Å². The molecule has 1 unspecified atom stereocenters. The van der Waals surface area contributed by atoms with Crippen LogP contribution < -0.4 is 14.8 Å². The van der Waals surface area contributed by atoms with Crippen LogP contribution in [0.25, 0.3) is 10.9 Å². The molecule has 1 atom stereocenters. The molecule has 0 radical (unpaired) electrons. The molecule has 2 aliphatic rings. The number of carbonyl (C=O) groups is 2. The Bertz CT molecular complexity index is 2000. The minimum atomic E-state index is -4.21. The monoisotopic (exact) mass is 648 g/mol. The maximum Gasteiger partial charge on any atom is 0.246 e. The molecule has 0 spiro atoms. The van der Waals surface area contributed by atoms with E-state index in [1.165, 1.54) is 10.4 Å². The van der Waals surface area contributed by atoms with Crippen molar-refractivity contribution in [1.82, 2.24) is 19.5 Å². The highest BCUT2D eigenvalue weighted by Crippen LogP contribution is 2.33. The molecule has 5 aromatic rings. The maximum atomic E-state index is 14.3. The van der Waals surface area contributed by atoms with Gasteiger partial charge in [0.1, 0.15) is 10.9 Å². The number of fused-ring (bicyclic) bond motifs is 2. The molecule has 238 valence electrons. The van der Waals surface area contributed by atoms with Crippen LogP contribution in [0.15, 0.2) is 120 Å². The van der Waals surface area contributed by atoms with Crippen molar-refractivity contribution in [2.24, 2.45) is 0 Å². The Kier molecular flexibility index (Phi) is 8.32. The molecule has 10 nitrogen and oxygen atoms in total. The molecule has 0 saturated carbocycles. The van der Waals surface area contributed by atoms with Gasteiger partial charge in [0, 0.05) is 37.8 Å². The van der Waals surface area contributed by atoms with Crippen LogP contribution in [0, 0.1) is 0 Å². The number of sulfonamides is 1. The minimum absolute atomic E-state index is 0.00963. The standard InChI is InChI=1S/C36H32N4O6S/c41-35(38-22-25-16-17-30-31(21-25)46-24-45-30)29-23-39(36(42)33(26-9-3-1-4-10-26)27-11-5-2-6-12-27)19-20-40(29)47(43,44)32-15-7-13-28-14-8-18-37-34(28)32/h1-18,21,29,33H,19-20,22-24H2,(H,38,41). The summed E-state index contributed by atoms with van der Waals surface area (Å²) in [7, 11) is -4.21. The van der Waals surface area contributed by atoms with Crippen LogP contribution in [-0.2, 0) is 26.2 Å². The number of hydrogen-bond acceptors (Lipinski definition) is 7. The number of carbonyl (C=O) groups excluding carboxylic acids is 2. The van der Waals surface area contributed by atoms with Crippen molar-refractivity contribution < 1.29 is 27.5 Å². The number of nitrogens with zero attached hydrogens (tertiary/aromatic N) is 3. The van der Waals surface area contributed by atoms with Crippen molar-refractivity contribution in [2.75, 3.05) is 26.4 Å². The smallest absolute Gasteiger partial charge is 0.246 e. The van der Waals surface area contributed by atoms with Crippen molar-refractivity contribution >= 4 is 32.7 Å². The molecule has 1 saturated heterocycles. The Morgan fingerprint density at radius 2 is 1.53 bits per heavy atom. The van der Waals surface area contributed by atoms with Gasteiger partial charge >= 0.3 is 0 Å². The number of piperazine rings is 1. The molecule has 7 rings (SSSR count). The van der Waals surface area contributed by atoms with E-state index in [1.54, 1.807) is 47.5 Å². The fraction of sp³-hybridized carbons (Fsp3) is 0.194. The van der Waals surface area contributed by atoms with Crippen LogP contribution >= 0.6 is 0 Å². The summed E-state index contributed by atoms with van der Waals surface area (Å²) in [5, 5.41) is 3.57. The third-order valence-electron chi connectivity index (χ3n) is 8.54. The Morgan fingerprint density at radius 1 is 0.830 bits per heavy atom. The molecule has 11 heteroatoms. The van der Waals surface area contributed by atoms with Gasteiger partial charge in [-0.3, -0.25) is 14.6 Å². The fourth-order valence-electron chi connectivity index (χ4n) is 6.19. The number of ether oxygens (including phenoxy) is 2. The number of pyridine rings is 1. The summed E-state index contributed by atoms with van der Waals surface area (Å²) in [6, 6.07) is 31.6. The van der Waals surface area contributed by atoms with E-state index in [2.05, 4.69) is 10.3 Å². The molecule has 4 aromatic carbocycles. The van der Waals surface area contributed by atoms with E-state index in [0.717, 1.165) is 16.7 Å². The Balaban J connectivity index is 1.21. The van der Waals surface area contributed by atoms with Gasteiger partial charge < -0.3 is 19.7 Å². The van der Waals surface area contributed by atoms with Crippen molar-refractivity contribution in [2.45, 2.75) is 23.4 Å². The highest BCUT2D eigenvalue weighted by Gasteiger charge is 2.43. The van der Waals surface area contributed by atoms with Crippen molar-refractivity contribution in [3.63, 3.8) is 0 Å². The SMILES string of the molecule is O=C(NCc1ccc2c(c1)OCO2)C1CN(C(=O)C(c2ccccc2)c2ccccc2)CCN1S(=O)(=O)c1cccc2cccnc12. The first-order valence-electron chi connectivity index (χ1n) is 15.3. The first-order valence-corrected chi connectivity index (χ1v) is 16.7. The molecule has 2 amide bonds. The van der Waals surface area contributed by atoms with Gasteiger partial charge in [-0.2, -0.15) is 4.31 Å². The van der Waals surface area contributed by atoms with Gasteiger partial charge in [0.15, 0.2) is 11.5 Å². The number of aromatic nitrogens is 1. The van der Waals surface area contributed by atoms with E-state index in [0.29, 0.717) is 22.4 Å². The number of para-hydroxylation sites is 1. The Labute approximate surface area is 272 Å². The highest BCUT2D eigenvalue weighted by molar-refractivity contribution is 7.89. The van der Waals surface area contributed by atoms with Crippen LogP contribution in [0.3, 0.4) is 0 Å². The molecule has 1 fully saturated rings. The molecule has 1 N–H and O–H groups in total. The minimum Gasteiger partial charge on any atom is -0.454 e. The number of nitrogens with one attached hydrogen (secondary N) is 1. The normalized spacial score (nSPS) is 16.4. The molecule has 47 heavy (non-hydrogen) atoms. The lowest BCUT2D eigenvalue weighted by Gasteiger charge is -2.41. The number of rotatable bonds is 8. The third-order valence-corrected chi connectivity index (χ3v) is 10.5. The summed E-state index contributed by atoms with van der Waals surface area (Å²) in [5.74, 6) is -0.159. The quantitative estimate of drug-likeness (QED) is 0.267. The summed E-state index contributed by atoms with van der Waals surface area (Å²) < 4.78 is 40.8. The summed E-state index contributed by atoms with van der Waals surface area (Å²) >= 11 is 0. The molecule has 1 aromatic heterocycles. The summed E-state index contributed by atoms with van der Waals surface area (Å²) in [4.78, 5) is 34.3. The Morgan fingerprint density at radius 3 is 2.28 bits per heavy atom. The van der Waals surface area contributed by atoms with Gasteiger partial charge in [0.05, 0.1) is 11.4 Å². The Hall–Kier alpha value is -5.26. The largest absolute Gasteiger partial charge is 0.454 e. The highest BCUT2D eigenvalue weighted by atomic mass is 32.2. The van der Waals surface area contributed by atoms with Gasteiger partial charge in [-0.1, -0.05) is 84.9 Å². The van der Waals surface area contributed by atoms with E-state index >= 15 is 0 Å². The second-order valence-electron chi connectivity index (χ2n) is 11.4. The summed E-state index contributed by atoms with van der Waals surface area (Å²) in [6.45, 7) is 0.160. The lowest BCUT2D eigenvalue weighted by atomic mass is 9.89. The van der Waals surface area contributed by atoms with Crippen LogP contribution in [0.1, 0.15) is 22.6 Å². The lowest BCUT2D eigenvalue weighted by molar-refractivity contribution is -0.136. The van der Waals surface area contributed by atoms with Crippen LogP contribution in [0.2, 0.25) is 0 Å². The van der Waals surface area contributed by atoms with Crippen LogP contribution in [0.5, 0.6) is 11.5 Å². The zero-order valence-corrected chi connectivity index (χ0v) is 26.2. The zero-order valence-electron chi connectivity index (χ0n) is 25.4. The lowest BCUT2D eigenvalue weighted by Crippen LogP contribution is -2.61. The molecule has 0 aliphatic carbocycles. The molecular weight excluding hydrogens is 616 g/mol. The van der Waals surface area contributed by atoms with Gasteiger partial charge in [-0.25, -0.2) is 8.42 Å². The average molecular weight is 649 g/mol. The number of amides is 2. The zero-order chi connectivity index (χ0) is 32.4. The van der Waals surface area contributed by atoms with Crippen LogP contribution in [-0.4, -0.2) is 66.9 Å². The number of benzene rings is 4. The molecular formula is C36H32N4O6S. The van der Waals surface area contributed by atoms with E-state index < -0.39 is 27.9 Å². The second kappa shape index (κ2) is 12.9. The van der Waals surface area contributed by atoms with Gasteiger partial charge in [-0.15, -0.1) is 0 Å². The van der Waals surface area contributed by atoms with Crippen molar-refractivity contribution in [1.29, 1.82) is 0 Å². The summed E-state index contributed by atoms with van der Waals surface area (Å²) in [6.07, 6.45) is 1.54. The second-order valence-corrected chi connectivity index (χ2v) is 13.3. The van der Waals surface area contributed by atoms with Gasteiger partial charge in [0.25, 0.3) is 0 Å². The molecule has 3 heterocycles. The predicted octanol–water partition coefficient (Wildman–Crippen LogP) is 4.31. The van der Waals surface area contributed by atoms with E-state index in [-0.39, 0.29) is 43.8 Å².